The van der Waals surface area contributed by atoms with Crippen molar-refractivity contribution in [2.24, 2.45) is 0 Å². The highest BCUT2D eigenvalue weighted by atomic mass is 16.7. The molecule has 1 heterocycles. The summed E-state index contributed by atoms with van der Waals surface area (Å²) < 4.78 is 22.9. The Morgan fingerprint density at radius 3 is 1.36 bits per heavy atom. The maximum absolute atomic E-state index is 12.8. The molecular formula is C58H104O9. The number of hydrogen-bond acceptors (Lipinski definition) is 9. The zero-order valence-electron chi connectivity index (χ0n) is 43.1. The van der Waals surface area contributed by atoms with Crippen molar-refractivity contribution in [2.45, 2.75) is 275 Å². The molecule has 1 aliphatic rings. The van der Waals surface area contributed by atoms with Crippen molar-refractivity contribution < 1.29 is 44.2 Å². The molecule has 0 aromatic carbocycles. The summed E-state index contributed by atoms with van der Waals surface area (Å²) in [7, 11) is 0. The Balaban J connectivity index is 2.17. The highest BCUT2D eigenvalue weighted by molar-refractivity contribution is 5.69. The Kier molecular flexibility index (Phi) is 45.9. The number of carbonyl (C=O) groups is 1. The molecule has 1 aliphatic heterocycles. The summed E-state index contributed by atoms with van der Waals surface area (Å²) in [5, 5.41) is 40.3. The third-order valence-corrected chi connectivity index (χ3v) is 12.7. The van der Waals surface area contributed by atoms with Gasteiger partial charge in [0.1, 0.15) is 30.5 Å². The Morgan fingerprint density at radius 2 is 0.910 bits per heavy atom. The van der Waals surface area contributed by atoms with Crippen LogP contribution in [0.3, 0.4) is 0 Å². The standard InChI is InChI=1S/C58H104O9/c1-3-5-7-9-11-13-15-17-19-21-23-24-25-26-27-28-30-32-34-36-38-40-42-44-46-48-64-50-52(51-65-58-57(63)56(62)55(61)53(49-59)67-58)66-54(60)47-45-43-41-39-37-35-33-31-29-22-20-18-16-14-12-10-8-6-4-2/h6,8,12,14,18,20,29,31,35,37,52-53,55-59,61-63H,3-5,7,9-11,13,15-17,19,21-28,30,32-34,36,38-51H2,1-2H3/b8-6-,14-12-,20-18-,31-29-,37-35-. The van der Waals surface area contributed by atoms with Crippen LogP contribution in [0.2, 0.25) is 0 Å². The second-order valence-electron chi connectivity index (χ2n) is 19.0. The maximum atomic E-state index is 12.8. The number of aliphatic hydroxyl groups is 4. The van der Waals surface area contributed by atoms with Gasteiger partial charge >= 0.3 is 5.97 Å². The second-order valence-corrected chi connectivity index (χ2v) is 19.0. The van der Waals surface area contributed by atoms with E-state index in [4.69, 9.17) is 18.9 Å². The first-order valence-electron chi connectivity index (χ1n) is 27.9. The number of hydrogen-bond donors (Lipinski definition) is 4. The molecule has 67 heavy (non-hydrogen) atoms. The van der Waals surface area contributed by atoms with Crippen LogP contribution in [0.15, 0.2) is 60.8 Å². The number of carbonyl (C=O) groups excluding carboxylic acids is 1. The van der Waals surface area contributed by atoms with Crippen LogP contribution in [0.4, 0.5) is 0 Å². The van der Waals surface area contributed by atoms with Gasteiger partial charge in [-0.15, -0.1) is 0 Å². The molecule has 4 N–H and O–H groups in total. The molecule has 1 fully saturated rings. The molecule has 9 nitrogen and oxygen atoms in total. The zero-order valence-corrected chi connectivity index (χ0v) is 43.1. The largest absolute Gasteiger partial charge is 0.457 e. The van der Waals surface area contributed by atoms with Crippen molar-refractivity contribution in [2.75, 3.05) is 26.4 Å². The molecule has 1 saturated heterocycles. The molecule has 0 spiro atoms. The molecule has 0 aliphatic carbocycles. The van der Waals surface area contributed by atoms with Crippen molar-refractivity contribution >= 4 is 5.97 Å². The van der Waals surface area contributed by atoms with Crippen molar-refractivity contribution in [1.82, 2.24) is 0 Å². The van der Waals surface area contributed by atoms with E-state index in [0.717, 1.165) is 64.2 Å². The van der Waals surface area contributed by atoms with Crippen molar-refractivity contribution in [1.29, 1.82) is 0 Å². The predicted molar refractivity (Wildman–Crippen MR) is 279 cm³/mol. The van der Waals surface area contributed by atoms with Crippen LogP contribution >= 0.6 is 0 Å². The molecule has 1 rings (SSSR count). The molecule has 0 saturated carbocycles. The van der Waals surface area contributed by atoms with E-state index in [9.17, 15) is 25.2 Å². The highest BCUT2D eigenvalue weighted by Gasteiger charge is 2.44. The number of unbranched alkanes of at least 4 members (excludes halogenated alkanes) is 27. The van der Waals surface area contributed by atoms with Gasteiger partial charge in [0, 0.05) is 13.0 Å². The van der Waals surface area contributed by atoms with Crippen LogP contribution in [0, 0.1) is 0 Å². The van der Waals surface area contributed by atoms with Gasteiger partial charge in [0.2, 0.25) is 0 Å². The topological polar surface area (TPSA) is 135 Å². The molecular weight excluding hydrogens is 841 g/mol. The third-order valence-electron chi connectivity index (χ3n) is 12.7. The second kappa shape index (κ2) is 48.9. The summed E-state index contributed by atoms with van der Waals surface area (Å²) in [6.07, 6.45) is 57.0. The first-order valence-corrected chi connectivity index (χ1v) is 27.9. The summed E-state index contributed by atoms with van der Waals surface area (Å²) in [5.41, 5.74) is 0. The fourth-order valence-corrected chi connectivity index (χ4v) is 8.40. The molecule has 390 valence electrons. The molecule has 0 amide bonds. The number of allylic oxidation sites excluding steroid dienone is 10. The minimum Gasteiger partial charge on any atom is -0.457 e. The van der Waals surface area contributed by atoms with Gasteiger partial charge in [-0.05, 0) is 57.8 Å². The Bertz CT molecular complexity index is 1210. The van der Waals surface area contributed by atoms with E-state index in [1.807, 2.05) is 0 Å². The van der Waals surface area contributed by atoms with E-state index in [0.29, 0.717) is 13.0 Å². The Morgan fingerprint density at radius 1 is 0.493 bits per heavy atom. The average Bonchev–Trinajstić information content (AvgIpc) is 3.33. The normalized spacial score (nSPS) is 19.6. The van der Waals surface area contributed by atoms with Gasteiger partial charge in [0.15, 0.2) is 6.29 Å². The average molecular weight is 945 g/mol. The molecule has 6 unspecified atom stereocenters. The lowest BCUT2D eigenvalue weighted by molar-refractivity contribution is -0.305. The molecule has 0 radical (unpaired) electrons. The van der Waals surface area contributed by atoms with E-state index >= 15 is 0 Å². The minimum absolute atomic E-state index is 0.127. The smallest absolute Gasteiger partial charge is 0.306 e. The van der Waals surface area contributed by atoms with Gasteiger partial charge in [-0.3, -0.25) is 4.79 Å². The van der Waals surface area contributed by atoms with Crippen molar-refractivity contribution in [3.8, 4) is 0 Å². The molecule has 0 aromatic heterocycles. The summed E-state index contributed by atoms with van der Waals surface area (Å²) in [4.78, 5) is 12.8. The zero-order chi connectivity index (χ0) is 48.5. The summed E-state index contributed by atoms with van der Waals surface area (Å²) in [6.45, 7) is 4.44. The third kappa shape index (κ3) is 39.3. The van der Waals surface area contributed by atoms with Gasteiger partial charge in [-0.1, -0.05) is 235 Å². The number of esters is 1. The van der Waals surface area contributed by atoms with Crippen LogP contribution in [-0.4, -0.2) is 89.6 Å². The van der Waals surface area contributed by atoms with Crippen LogP contribution in [0.25, 0.3) is 0 Å². The van der Waals surface area contributed by atoms with E-state index in [1.165, 1.54) is 148 Å². The van der Waals surface area contributed by atoms with Gasteiger partial charge < -0.3 is 39.4 Å². The molecule has 9 heteroatoms. The summed E-state index contributed by atoms with van der Waals surface area (Å²) in [6, 6.07) is 0. The summed E-state index contributed by atoms with van der Waals surface area (Å²) >= 11 is 0. The quantitative estimate of drug-likeness (QED) is 0.0267. The number of ether oxygens (including phenoxy) is 4. The van der Waals surface area contributed by atoms with Crippen LogP contribution in [-0.2, 0) is 23.7 Å². The minimum atomic E-state index is -1.55. The number of aliphatic hydroxyl groups excluding tert-OH is 4. The lowest BCUT2D eigenvalue weighted by atomic mass is 9.99. The molecule has 0 bridgehead atoms. The lowest BCUT2D eigenvalue weighted by Crippen LogP contribution is -2.59. The van der Waals surface area contributed by atoms with Crippen molar-refractivity contribution in [3.63, 3.8) is 0 Å². The lowest BCUT2D eigenvalue weighted by Gasteiger charge is -2.39. The first-order chi connectivity index (χ1) is 32.9. The van der Waals surface area contributed by atoms with Crippen molar-refractivity contribution in [3.05, 3.63) is 60.8 Å². The molecule has 0 aromatic rings. The van der Waals surface area contributed by atoms with E-state index in [1.54, 1.807) is 0 Å². The Labute approximate surface area is 411 Å². The van der Waals surface area contributed by atoms with E-state index < -0.39 is 43.4 Å². The van der Waals surface area contributed by atoms with E-state index in [-0.39, 0.29) is 25.6 Å². The maximum Gasteiger partial charge on any atom is 0.306 e. The fraction of sp³-hybridized carbons (Fsp3) is 0.810. The van der Waals surface area contributed by atoms with Crippen LogP contribution in [0.1, 0.15) is 239 Å². The van der Waals surface area contributed by atoms with Gasteiger partial charge in [0.25, 0.3) is 0 Å². The van der Waals surface area contributed by atoms with Gasteiger partial charge in [-0.2, -0.15) is 0 Å². The van der Waals surface area contributed by atoms with Gasteiger partial charge in [-0.25, -0.2) is 0 Å². The van der Waals surface area contributed by atoms with Crippen LogP contribution in [0.5, 0.6) is 0 Å². The summed E-state index contributed by atoms with van der Waals surface area (Å²) in [5.74, 6) is -0.342. The molecule has 6 atom stereocenters. The van der Waals surface area contributed by atoms with Crippen LogP contribution < -0.4 is 0 Å². The fourth-order valence-electron chi connectivity index (χ4n) is 8.40. The SMILES string of the molecule is CC/C=C\C/C=C\C/C=C\C/C=C\C/C=C\CCCCCC(=O)OC(COCCCCCCCCCCCCCCCCCCCCCCCCCCC)COC1OC(CO)C(O)C(O)C1O. The predicted octanol–water partition coefficient (Wildman–Crippen LogP) is 14.2. The highest BCUT2D eigenvalue weighted by Crippen LogP contribution is 2.23. The monoisotopic (exact) mass is 945 g/mol. The van der Waals surface area contributed by atoms with Gasteiger partial charge in [0.05, 0.1) is 19.8 Å². The Hall–Kier alpha value is -2.11. The number of rotatable bonds is 48. The van der Waals surface area contributed by atoms with E-state index in [2.05, 4.69) is 74.6 Å². The first kappa shape index (κ1) is 62.9.